The van der Waals surface area contributed by atoms with Crippen molar-refractivity contribution in [1.82, 2.24) is 4.98 Å². The molecule has 1 aromatic rings. The zero-order chi connectivity index (χ0) is 15.2. The standard InChI is InChI=1S/C12H16N4O5/c13-11(15-17)10-5-8(16(18)19)6-14-12(10)21-7-9-3-1-2-4-20-9/h5-6,9,17H,1-4,7H2,(H2,13,15). The lowest BCUT2D eigenvalue weighted by Gasteiger charge is -2.22. The van der Waals surface area contributed by atoms with Crippen molar-refractivity contribution >= 4 is 11.5 Å². The molecule has 9 heteroatoms. The second-order valence-corrected chi connectivity index (χ2v) is 4.59. The van der Waals surface area contributed by atoms with E-state index in [0.29, 0.717) is 6.61 Å². The number of pyridine rings is 1. The van der Waals surface area contributed by atoms with E-state index in [2.05, 4.69) is 10.1 Å². The monoisotopic (exact) mass is 296 g/mol. The molecule has 1 saturated heterocycles. The average Bonchev–Trinajstić information content (AvgIpc) is 2.52. The minimum absolute atomic E-state index is 0.0455. The van der Waals surface area contributed by atoms with Crippen molar-refractivity contribution in [2.75, 3.05) is 13.2 Å². The smallest absolute Gasteiger partial charge is 0.288 e. The van der Waals surface area contributed by atoms with E-state index >= 15 is 0 Å². The molecule has 1 aliphatic heterocycles. The van der Waals surface area contributed by atoms with Crippen molar-refractivity contribution < 1.29 is 19.6 Å². The number of hydrogen-bond acceptors (Lipinski definition) is 7. The third kappa shape index (κ3) is 3.78. The summed E-state index contributed by atoms with van der Waals surface area (Å²) in [6.07, 6.45) is 3.99. The van der Waals surface area contributed by atoms with Gasteiger partial charge in [0, 0.05) is 12.7 Å². The van der Waals surface area contributed by atoms with Gasteiger partial charge in [-0.1, -0.05) is 5.16 Å². The molecule has 0 saturated carbocycles. The van der Waals surface area contributed by atoms with E-state index in [1.165, 1.54) is 0 Å². The van der Waals surface area contributed by atoms with Crippen LogP contribution in [0.5, 0.6) is 5.88 Å². The zero-order valence-electron chi connectivity index (χ0n) is 11.3. The maximum Gasteiger partial charge on any atom is 0.288 e. The molecule has 2 rings (SSSR count). The highest BCUT2D eigenvalue weighted by atomic mass is 16.6. The Labute approximate surface area is 120 Å². The molecule has 114 valence electrons. The van der Waals surface area contributed by atoms with Crippen LogP contribution in [0.4, 0.5) is 5.69 Å². The van der Waals surface area contributed by atoms with Crippen LogP contribution in [0, 0.1) is 10.1 Å². The molecule has 3 N–H and O–H groups in total. The molecule has 9 nitrogen and oxygen atoms in total. The van der Waals surface area contributed by atoms with Gasteiger partial charge in [-0.25, -0.2) is 4.98 Å². The molecule has 1 fully saturated rings. The highest BCUT2D eigenvalue weighted by Crippen LogP contribution is 2.22. The summed E-state index contributed by atoms with van der Waals surface area (Å²) in [5, 5.41) is 22.3. The number of nitrogens with two attached hydrogens (primary N) is 1. The van der Waals surface area contributed by atoms with Gasteiger partial charge in [-0.3, -0.25) is 10.1 Å². The fraction of sp³-hybridized carbons (Fsp3) is 0.500. The number of rotatable bonds is 5. The SMILES string of the molecule is NC(=NO)c1cc([N+](=O)[O-])cnc1OCC1CCCCO1. The molecule has 21 heavy (non-hydrogen) atoms. The van der Waals surface area contributed by atoms with E-state index in [1.807, 2.05) is 0 Å². The first-order valence-corrected chi connectivity index (χ1v) is 6.48. The van der Waals surface area contributed by atoms with E-state index in [0.717, 1.165) is 31.5 Å². The Bertz CT molecular complexity index is 542. The molecule has 0 radical (unpaired) electrons. The third-order valence-electron chi connectivity index (χ3n) is 3.11. The summed E-state index contributed by atoms with van der Waals surface area (Å²) in [5.41, 5.74) is 5.30. The van der Waals surface area contributed by atoms with Crippen molar-refractivity contribution in [2.24, 2.45) is 10.9 Å². The minimum atomic E-state index is -0.616. The van der Waals surface area contributed by atoms with Gasteiger partial charge >= 0.3 is 0 Å². The number of aromatic nitrogens is 1. The van der Waals surface area contributed by atoms with Gasteiger partial charge in [0.15, 0.2) is 5.84 Å². The summed E-state index contributed by atoms with van der Waals surface area (Å²) in [5.74, 6) is -0.226. The summed E-state index contributed by atoms with van der Waals surface area (Å²) < 4.78 is 11.0. The van der Waals surface area contributed by atoms with E-state index in [1.54, 1.807) is 0 Å². The predicted octanol–water partition coefficient (Wildman–Crippen LogP) is 1.03. The van der Waals surface area contributed by atoms with Gasteiger partial charge in [0.05, 0.1) is 16.6 Å². The Morgan fingerprint density at radius 2 is 2.48 bits per heavy atom. The fourth-order valence-electron chi connectivity index (χ4n) is 2.00. The van der Waals surface area contributed by atoms with Crippen LogP contribution < -0.4 is 10.5 Å². The molecule has 0 spiro atoms. The van der Waals surface area contributed by atoms with Gasteiger partial charge in [-0.05, 0) is 19.3 Å². The summed E-state index contributed by atoms with van der Waals surface area (Å²) in [6.45, 7) is 0.950. The van der Waals surface area contributed by atoms with Crippen LogP contribution in [0.25, 0.3) is 0 Å². The average molecular weight is 296 g/mol. The van der Waals surface area contributed by atoms with Gasteiger partial charge in [0.2, 0.25) is 5.88 Å². The van der Waals surface area contributed by atoms with Crippen molar-refractivity contribution in [3.63, 3.8) is 0 Å². The van der Waals surface area contributed by atoms with Crippen LogP contribution >= 0.6 is 0 Å². The quantitative estimate of drug-likeness (QED) is 0.272. The first-order valence-electron chi connectivity index (χ1n) is 6.48. The number of hydrogen-bond donors (Lipinski definition) is 2. The predicted molar refractivity (Wildman–Crippen MR) is 72.5 cm³/mol. The summed E-state index contributed by atoms with van der Waals surface area (Å²) >= 11 is 0. The lowest BCUT2D eigenvalue weighted by atomic mass is 10.1. The molecular formula is C12H16N4O5. The topological polar surface area (TPSA) is 133 Å². The van der Waals surface area contributed by atoms with E-state index in [-0.39, 0.29) is 35.7 Å². The van der Waals surface area contributed by atoms with E-state index in [4.69, 9.17) is 20.4 Å². The molecule has 1 aliphatic rings. The lowest BCUT2D eigenvalue weighted by molar-refractivity contribution is -0.385. The van der Waals surface area contributed by atoms with Crippen molar-refractivity contribution in [3.05, 3.63) is 27.9 Å². The molecule has 2 heterocycles. The Balaban J connectivity index is 2.15. The Hall–Kier alpha value is -2.42. The Morgan fingerprint density at radius 3 is 3.10 bits per heavy atom. The minimum Gasteiger partial charge on any atom is -0.474 e. The molecule has 1 unspecified atom stereocenters. The van der Waals surface area contributed by atoms with Crippen LogP contribution in [0.2, 0.25) is 0 Å². The van der Waals surface area contributed by atoms with Gasteiger partial charge in [0.1, 0.15) is 12.8 Å². The number of oxime groups is 1. The maximum absolute atomic E-state index is 10.7. The maximum atomic E-state index is 10.7. The first-order chi connectivity index (χ1) is 10.1. The number of nitrogens with zero attached hydrogens (tertiary/aromatic N) is 3. The van der Waals surface area contributed by atoms with Gasteiger partial charge < -0.3 is 20.4 Å². The Morgan fingerprint density at radius 1 is 1.67 bits per heavy atom. The van der Waals surface area contributed by atoms with Crippen molar-refractivity contribution in [1.29, 1.82) is 0 Å². The number of amidine groups is 1. The van der Waals surface area contributed by atoms with E-state index in [9.17, 15) is 10.1 Å². The zero-order valence-corrected chi connectivity index (χ0v) is 11.3. The molecule has 0 amide bonds. The van der Waals surface area contributed by atoms with Gasteiger partial charge in [0.25, 0.3) is 5.69 Å². The fourth-order valence-corrected chi connectivity index (χ4v) is 2.00. The highest BCUT2D eigenvalue weighted by Gasteiger charge is 2.19. The van der Waals surface area contributed by atoms with Crippen LogP contribution in [-0.4, -0.2) is 40.3 Å². The van der Waals surface area contributed by atoms with Crippen LogP contribution in [0.15, 0.2) is 17.4 Å². The molecule has 1 atom stereocenters. The molecular weight excluding hydrogens is 280 g/mol. The van der Waals surface area contributed by atoms with Gasteiger partial charge in [-0.15, -0.1) is 0 Å². The molecule has 0 aliphatic carbocycles. The molecule has 0 bridgehead atoms. The van der Waals surface area contributed by atoms with Gasteiger partial charge in [-0.2, -0.15) is 0 Å². The van der Waals surface area contributed by atoms with Crippen LogP contribution in [0.3, 0.4) is 0 Å². The van der Waals surface area contributed by atoms with E-state index < -0.39 is 4.92 Å². The molecule has 1 aromatic heterocycles. The summed E-state index contributed by atoms with van der Waals surface area (Å²) in [7, 11) is 0. The second-order valence-electron chi connectivity index (χ2n) is 4.59. The lowest BCUT2D eigenvalue weighted by Crippen LogP contribution is -2.27. The number of nitro groups is 1. The molecule has 0 aromatic carbocycles. The van der Waals surface area contributed by atoms with Crippen molar-refractivity contribution in [2.45, 2.75) is 25.4 Å². The summed E-state index contributed by atoms with van der Waals surface area (Å²) in [4.78, 5) is 14.0. The normalized spacial score (nSPS) is 19.2. The number of ether oxygens (including phenoxy) is 2. The highest BCUT2D eigenvalue weighted by molar-refractivity contribution is 5.99. The largest absolute Gasteiger partial charge is 0.474 e. The van der Waals surface area contributed by atoms with Crippen LogP contribution in [0.1, 0.15) is 24.8 Å². The Kier molecular flexibility index (Phi) is 4.88. The second kappa shape index (κ2) is 6.84. The van der Waals surface area contributed by atoms with Crippen LogP contribution in [-0.2, 0) is 4.74 Å². The third-order valence-corrected chi connectivity index (χ3v) is 3.11. The first kappa shape index (κ1) is 15.0. The van der Waals surface area contributed by atoms with Crippen molar-refractivity contribution in [3.8, 4) is 5.88 Å². The summed E-state index contributed by atoms with van der Waals surface area (Å²) in [6, 6.07) is 1.15.